The van der Waals surface area contributed by atoms with Gasteiger partial charge in [0.15, 0.2) is 5.82 Å². The lowest BCUT2D eigenvalue weighted by molar-refractivity contribution is -0.153. The fraction of sp³-hybridized carbons (Fsp3) is 0.692. The highest BCUT2D eigenvalue weighted by atomic mass is 16.5. The van der Waals surface area contributed by atoms with E-state index in [1.165, 1.54) is 0 Å². The monoisotopic (exact) mass is 280 g/mol. The van der Waals surface area contributed by atoms with E-state index < -0.39 is 11.6 Å². The molecule has 0 spiro atoms. The molecule has 0 radical (unpaired) electrons. The Hall–Kier alpha value is -1.92. The van der Waals surface area contributed by atoms with Gasteiger partial charge in [-0.15, -0.1) is 0 Å². The lowest BCUT2D eigenvalue weighted by Gasteiger charge is -2.42. The Morgan fingerprint density at radius 1 is 1.45 bits per heavy atom. The van der Waals surface area contributed by atoms with E-state index in [4.69, 9.17) is 4.52 Å². The van der Waals surface area contributed by atoms with Gasteiger partial charge in [0.05, 0.1) is 0 Å². The van der Waals surface area contributed by atoms with Crippen molar-refractivity contribution in [3.8, 4) is 0 Å². The molecule has 1 aliphatic rings. The maximum Gasteiger partial charge on any atom is 0.248 e. The summed E-state index contributed by atoms with van der Waals surface area (Å²) in [5.41, 5.74) is -0.825. The molecule has 1 fully saturated rings. The summed E-state index contributed by atoms with van der Waals surface area (Å²) in [6.07, 6.45) is 1.00. The predicted octanol–water partition coefficient (Wildman–Crippen LogP) is 0.436. The van der Waals surface area contributed by atoms with Crippen molar-refractivity contribution < 1.29 is 14.1 Å². The van der Waals surface area contributed by atoms with Crippen molar-refractivity contribution in [2.45, 2.75) is 52.1 Å². The molecule has 110 valence electrons. The second-order valence-corrected chi connectivity index (χ2v) is 5.33. The summed E-state index contributed by atoms with van der Waals surface area (Å²) in [4.78, 5) is 30.2. The minimum Gasteiger partial charge on any atom is -0.340 e. The van der Waals surface area contributed by atoms with E-state index in [0.29, 0.717) is 31.1 Å². The second kappa shape index (κ2) is 5.22. The zero-order valence-corrected chi connectivity index (χ0v) is 12.3. The molecule has 2 rings (SSSR count). The fourth-order valence-corrected chi connectivity index (χ4v) is 2.26. The number of carbonyl (C=O) groups excluding carboxylic acids is 2. The molecule has 1 aromatic heterocycles. The summed E-state index contributed by atoms with van der Waals surface area (Å²) in [5.74, 6) is 0.847. The summed E-state index contributed by atoms with van der Waals surface area (Å²) in [6.45, 7) is 7.49. The summed E-state index contributed by atoms with van der Waals surface area (Å²) >= 11 is 0. The molecular formula is C13H20N4O3. The first kappa shape index (κ1) is 14.5. The van der Waals surface area contributed by atoms with E-state index in [0.717, 1.165) is 0 Å². The highest BCUT2D eigenvalue weighted by Gasteiger charge is 2.45. The quantitative estimate of drug-likeness (QED) is 0.864. The SMILES string of the molecule is CCC1(C)NC(=O)C(C)N(CCc2nc(C)no2)C1=O. The number of rotatable bonds is 4. The maximum atomic E-state index is 12.5. The van der Waals surface area contributed by atoms with Gasteiger partial charge in [-0.05, 0) is 27.2 Å². The molecule has 2 amide bonds. The Labute approximate surface area is 117 Å². The lowest BCUT2D eigenvalue weighted by atomic mass is 9.92. The van der Waals surface area contributed by atoms with E-state index in [2.05, 4.69) is 15.5 Å². The van der Waals surface area contributed by atoms with Gasteiger partial charge in [0.25, 0.3) is 0 Å². The Kier molecular flexibility index (Phi) is 3.78. The van der Waals surface area contributed by atoms with Gasteiger partial charge in [0, 0.05) is 13.0 Å². The van der Waals surface area contributed by atoms with Crippen molar-refractivity contribution in [1.82, 2.24) is 20.4 Å². The minimum absolute atomic E-state index is 0.0664. The number of piperazine rings is 1. The molecule has 2 unspecified atom stereocenters. The average molecular weight is 280 g/mol. The first-order valence-corrected chi connectivity index (χ1v) is 6.79. The third kappa shape index (κ3) is 2.52. The zero-order chi connectivity index (χ0) is 14.9. The third-order valence-electron chi connectivity index (χ3n) is 3.82. The molecule has 20 heavy (non-hydrogen) atoms. The van der Waals surface area contributed by atoms with Crippen LogP contribution < -0.4 is 5.32 Å². The van der Waals surface area contributed by atoms with Crippen molar-refractivity contribution in [3.63, 3.8) is 0 Å². The van der Waals surface area contributed by atoms with Crippen molar-refractivity contribution in [3.05, 3.63) is 11.7 Å². The zero-order valence-electron chi connectivity index (χ0n) is 12.3. The van der Waals surface area contributed by atoms with Crippen LogP contribution in [0.15, 0.2) is 4.52 Å². The molecule has 0 aliphatic carbocycles. The highest BCUT2D eigenvalue weighted by molar-refractivity contribution is 5.99. The standard InChI is InChI=1S/C13H20N4O3/c1-5-13(4)12(19)17(8(2)11(18)15-13)7-6-10-14-9(3)16-20-10/h8H,5-7H2,1-4H3,(H,15,18). The molecule has 1 N–H and O–H groups in total. The van der Waals surface area contributed by atoms with Crippen LogP contribution in [-0.4, -0.2) is 45.0 Å². The molecule has 1 saturated heterocycles. The topological polar surface area (TPSA) is 88.3 Å². The van der Waals surface area contributed by atoms with E-state index >= 15 is 0 Å². The number of aryl methyl sites for hydroxylation is 1. The average Bonchev–Trinajstić information content (AvgIpc) is 2.82. The number of hydrogen-bond acceptors (Lipinski definition) is 5. The molecule has 2 atom stereocenters. The molecule has 7 nitrogen and oxygen atoms in total. The normalized spacial score (nSPS) is 26.8. The molecule has 0 aromatic carbocycles. The van der Waals surface area contributed by atoms with E-state index in [1.807, 2.05) is 6.92 Å². The van der Waals surface area contributed by atoms with Crippen LogP contribution in [0.5, 0.6) is 0 Å². The second-order valence-electron chi connectivity index (χ2n) is 5.33. The maximum absolute atomic E-state index is 12.5. The van der Waals surface area contributed by atoms with Gasteiger partial charge in [0.2, 0.25) is 17.7 Å². The van der Waals surface area contributed by atoms with Crippen LogP contribution >= 0.6 is 0 Å². The van der Waals surface area contributed by atoms with Crippen LogP contribution in [0.3, 0.4) is 0 Å². The number of carbonyl (C=O) groups is 2. The Balaban J connectivity index is 2.11. The van der Waals surface area contributed by atoms with Gasteiger partial charge < -0.3 is 14.7 Å². The third-order valence-corrected chi connectivity index (χ3v) is 3.82. The van der Waals surface area contributed by atoms with Gasteiger partial charge >= 0.3 is 0 Å². The summed E-state index contributed by atoms with van der Waals surface area (Å²) < 4.78 is 5.03. The summed E-state index contributed by atoms with van der Waals surface area (Å²) in [7, 11) is 0. The van der Waals surface area contributed by atoms with Crippen LogP contribution in [0.25, 0.3) is 0 Å². The van der Waals surface area contributed by atoms with Crippen LogP contribution in [0.1, 0.15) is 38.9 Å². The van der Waals surface area contributed by atoms with Crippen LogP contribution in [0.4, 0.5) is 0 Å². The Morgan fingerprint density at radius 2 is 2.15 bits per heavy atom. The molecule has 1 aromatic rings. The van der Waals surface area contributed by atoms with Crippen LogP contribution in [0, 0.1) is 6.92 Å². The lowest BCUT2D eigenvalue weighted by Crippen LogP contribution is -2.68. The smallest absolute Gasteiger partial charge is 0.248 e. The molecule has 0 saturated carbocycles. The first-order valence-electron chi connectivity index (χ1n) is 6.79. The van der Waals surface area contributed by atoms with Gasteiger partial charge in [-0.2, -0.15) is 4.98 Å². The molecule has 1 aliphatic heterocycles. The number of aromatic nitrogens is 2. The number of nitrogens with one attached hydrogen (secondary N) is 1. The van der Waals surface area contributed by atoms with Crippen molar-refractivity contribution in [1.29, 1.82) is 0 Å². The fourth-order valence-electron chi connectivity index (χ4n) is 2.26. The number of hydrogen-bond donors (Lipinski definition) is 1. The summed E-state index contributed by atoms with van der Waals surface area (Å²) in [5, 5.41) is 6.50. The molecule has 7 heteroatoms. The van der Waals surface area contributed by atoms with Crippen LogP contribution in [0.2, 0.25) is 0 Å². The van der Waals surface area contributed by atoms with Gasteiger partial charge in [-0.25, -0.2) is 0 Å². The highest BCUT2D eigenvalue weighted by Crippen LogP contribution is 2.21. The van der Waals surface area contributed by atoms with Crippen LogP contribution in [-0.2, 0) is 16.0 Å². The Bertz CT molecular complexity index is 527. The van der Waals surface area contributed by atoms with Gasteiger partial charge in [0.1, 0.15) is 11.6 Å². The van der Waals surface area contributed by atoms with Crippen molar-refractivity contribution in [2.24, 2.45) is 0 Å². The Morgan fingerprint density at radius 3 is 2.70 bits per heavy atom. The number of nitrogens with zero attached hydrogens (tertiary/aromatic N) is 3. The van der Waals surface area contributed by atoms with Gasteiger partial charge in [-0.1, -0.05) is 12.1 Å². The van der Waals surface area contributed by atoms with Gasteiger partial charge in [-0.3, -0.25) is 9.59 Å². The predicted molar refractivity (Wildman–Crippen MR) is 70.8 cm³/mol. The summed E-state index contributed by atoms with van der Waals surface area (Å²) in [6, 6.07) is -0.480. The van der Waals surface area contributed by atoms with E-state index in [-0.39, 0.29) is 11.8 Å². The largest absolute Gasteiger partial charge is 0.340 e. The van der Waals surface area contributed by atoms with E-state index in [9.17, 15) is 9.59 Å². The number of amides is 2. The van der Waals surface area contributed by atoms with Crippen molar-refractivity contribution >= 4 is 11.8 Å². The first-order chi connectivity index (χ1) is 9.37. The van der Waals surface area contributed by atoms with Crippen molar-refractivity contribution in [2.75, 3.05) is 6.54 Å². The molecular weight excluding hydrogens is 260 g/mol. The molecule has 2 heterocycles. The minimum atomic E-state index is -0.825. The molecule has 0 bridgehead atoms. The van der Waals surface area contributed by atoms with E-state index in [1.54, 1.807) is 25.7 Å².